The molecule has 4 atom stereocenters. The van der Waals surface area contributed by atoms with E-state index >= 15 is 0 Å². The lowest BCUT2D eigenvalue weighted by Crippen LogP contribution is -2.59. The maximum atomic E-state index is 13.4. The molecule has 1 N–H and O–H groups in total. The number of ether oxygens (including phenoxy) is 1. The summed E-state index contributed by atoms with van der Waals surface area (Å²) in [6, 6.07) is 0.117. The largest absolute Gasteiger partial charge is 0.474 e. The van der Waals surface area contributed by atoms with E-state index in [2.05, 4.69) is 11.9 Å². The molecule has 0 radical (unpaired) electrons. The first kappa shape index (κ1) is 22.5. The second kappa shape index (κ2) is 9.43. The highest BCUT2D eigenvalue weighted by molar-refractivity contribution is 7.10. The van der Waals surface area contributed by atoms with Crippen molar-refractivity contribution >= 4 is 21.3 Å². The van der Waals surface area contributed by atoms with Gasteiger partial charge in [0, 0.05) is 24.7 Å². The molecule has 4 rings (SSSR count). The van der Waals surface area contributed by atoms with E-state index in [1.165, 1.54) is 6.20 Å². The average molecular weight is 457 g/mol. The minimum atomic E-state index is -0.617. The lowest BCUT2D eigenvalue weighted by molar-refractivity contribution is -0.134. The number of pyridine rings is 1. The van der Waals surface area contributed by atoms with E-state index in [1.807, 2.05) is 34.6 Å². The Kier molecular flexibility index (Phi) is 6.63. The van der Waals surface area contributed by atoms with Gasteiger partial charge in [0.1, 0.15) is 5.56 Å². The molecule has 8 nitrogen and oxygen atoms in total. The SMILES string of the molecule is C=C/C(=C\C=C/C)CNC(=O)c1cn2c(c(OP)c1=O)C(=O)N1[C@@H](C2)OC[C@@H]2CCC[C@@H]21. The van der Waals surface area contributed by atoms with Crippen molar-refractivity contribution in [2.24, 2.45) is 5.92 Å². The number of nitrogens with zero attached hydrogens (tertiary/aromatic N) is 2. The molecule has 2 fully saturated rings. The fourth-order valence-corrected chi connectivity index (χ4v) is 5.01. The van der Waals surface area contributed by atoms with E-state index in [4.69, 9.17) is 9.26 Å². The van der Waals surface area contributed by atoms with Crippen LogP contribution in [-0.2, 0) is 11.3 Å². The van der Waals surface area contributed by atoms with Gasteiger partial charge in [0.05, 0.1) is 22.6 Å². The fourth-order valence-electron chi connectivity index (χ4n) is 4.79. The van der Waals surface area contributed by atoms with Gasteiger partial charge < -0.3 is 24.0 Å². The number of hydrogen-bond acceptors (Lipinski definition) is 5. The number of amides is 2. The van der Waals surface area contributed by atoms with E-state index in [0.29, 0.717) is 19.1 Å². The topological polar surface area (TPSA) is 89.9 Å². The Hall–Kier alpha value is -2.70. The van der Waals surface area contributed by atoms with Gasteiger partial charge in [-0.05, 0) is 25.3 Å². The van der Waals surface area contributed by atoms with Crippen LogP contribution >= 0.6 is 9.47 Å². The molecule has 1 saturated heterocycles. The second-order valence-corrected chi connectivity index (χ2v) is 8.47. The summed E-state index contributed by atoms with van der Waals surface area (Å²) in [6.07, 6.45) is 11.2. The molecule has 32 heavy (non-hydrogen) atoms. The Labute approximate surface area is 189 Å². The zero-order chi connectivity index (χ0) is 22.8. The molecule has 1 aromatic rings. The van der Waals surface area contributed by atoms with E-state index in [1.54, 1.807) is 15.5 Å². The minimum Gasteiger partial charge on any atom is -0.474 e. The molecule has 0 bridgehead atoms. The molecule has 3 aliphatic rings. The van der Waals surface area contributed by atoms with Gasteiger partial charge in [-0.3, -0.25) is 14.4 Å². The van der Waals surface area contributed by atoms with E-state index in [9.17, 15) is 14.4 Å². The summed E-state index contributed by atoms with van der Waals surface area (Å²) in [5.41, 5.74) is 0.253. The maximum absolute atomic E-state index is 13.4. The summed E-state index contributed by atoms with van der Waals surface area (Å²) >= 11 is 0. The summed E-state index contributed by atoms with van der Waals surface area (Å²) in [7, 11) is 2.02. The van der Waals surface area contributed by atoms with E-state index in [-0.39, 0.29) is 35.5 Å². The zero-order valence-electron chi connectivity index (χ0n) is 18.1. The normalized spacial score (nSPS) is 24.7. The lowest BCUT2D eigenvalue weighted by Gasteiger charge is -2.46. The lowest BCUT2D eigenvalue weighted by atomic mass is 9.98. The number of carbonyl (C=O) groups is 2. The van der Waals surface area contributed by atoms with Crippen molar-refractivity contribution in [3.63, 3.8) is 0 Å². The molecule has 3 heterocycles. The summed E-state index contributed by atoms with van der Waals surface area (Å²) < 4.78 is 12.9. The first-order chi connectivity index (χ1) is 15.5. The predicted octanol–water partition coefficient (Wildman–Crippen LogP) is 2.42. The van der Waals surface area contributed by atoms with Crippen LogP contribution in [0.5, 0.6) is 5.75 Å². The van der Waals surface area contributed by atoms with Gasteiger partial charge in [0.25, 0.3) is 11.8 Å². The van der Waals surface area contributed by atoms with Crippen LogP contribution in [0.4, 0.5) is 0 Å². The first-order valence-electron chi connectivity index (χ1n) is 10.8. The molecule has 0 spiro atoms. The van der Waals surface area contributed by atoms with Crippen molar-refractivity contribution in [1.29, 1.82) is 0 Å². The van der Waals surface area contributed by atoms with E-state index < -0.39 is 17.6 Å². The average Bonchev–Trinajstić information content (AvgIpc) is 3.28. The highest BCUT2D eigenvalue weighted by Gasteiger charge is 2.47. The van der Waals surface area contributed by atoms with Gasteiger partial charge in [0.2, 0.25) is 5.43 Å². The predicted molar refractivity (Wildman–Crippen MR) is 124 cm³/mol. The zero-order valence-corrected chi connectivity index (χ0v) is 19.2. The molecule has 9 heteroatoms. The first-order valence-corrected chi connectivity index (χ1v) is 11.3. The van der Waals surface area contributed by atoms with Gasteiger partial charge in [-0.25, -0.2) is 0 Å². The van der Waals surface area contributed by atoms with Crippen LogP contribution in [0.15, 0.2) is 47.4 Å². The van der Waals surface area contributed by atoms with E-state index in [0.717, 1.165) is 24.8 Å². The molecule has 1 saturated carbocycles. The molecule has 2 amide bonds. The Morgan fingerprint density at radius 3 is 2.94 bits per heavy atom. The van der Waals surface area contributed by atoms with Crippen LogP contribution in [0.1, 0.15) is 47.0 Å². The van der Waals surface area contributed by atoms with Gasteiger partial charge in [0.15, 0.2) is 17.7 Å². The molecule has 1 unspecified atom stereocenters. The van der Waals surface area contributed by atoms with Crippen LogP contribution in [0.3, 0.4) is 0 Å². The Balaban J connectivity index is 1.66. The number of allylic oxidation sites excluding steroid dienone is 3. The number of fused-ring (bicyclic) bond motifs is 4. The minimum absolute atomic E-state index is 0.0866. The summed E-state index contributed by atoms with van der Waals surface area (Å²) in [4.78, 5) is 41.1. The fraction of sp³-hybridized carbons (Fsp3) is 0.435. The van der Waals surface area contributed by atoms with Gasteiger partial charge in [-0.2, -0.15) is 0 Å². The summed E-state index contributed by atoms with van der Waals surface area (Å²) in [5.74, 6) is -0.645. The third-order valence-electron chi connectivity index (χ3n) is 6.40. The van der Waals surface area contributed by atoms with Crippen molar-refractivity contribution in [3.05, 3.63) is 64.1 Å². The summed E-state index contributed by atoms with van der Waals surface area (Å²) in [5, 5.41) is 2.74. The Bertz CT molecular complexity index is 1060. The molecule has 2 aliphatic heterocycles. The van der Waals surface area contributed by atoms with Crippen molar-refractivity contribution in [2.45, 2.75) is 45.0 Å². The van der Waals surface area contributed by atoms with Crippen LogP contribution in [-0.4, -0.2) is 46.7 Å². The number of hydrogen-bond donors (Lipinski definition) is 1. The van der Waals surface area contributed by atoms with Crippen LogP contribution < -0.4 is 15.3 Å². The van der Waals surface area contributed by atoms with Crippen LogP contribution in [0.2, 0.25) is 0 Å². The maximum Gasteiger partial charge on any atom is 0.276 e. The highest BCUT2D eigenvalue weighted by Crippen LogP contribution is 2.39. The van der Waals surface area contributed by atoms with Crippen LogP contribution in [0, 0.1) is 5.92 Å². The molecular weight excluding hydrogens is 429 g/mol. The Morgan fingerprint density at radius 1 is 1.41 bits per heavy atom. The number of rotatable bonds is 6. The molecular formula is C23H28N3O5P. The number of aromatic nitrogens is 1. The third-order valence-corrected chi connectivity index (χ3v) is 6.63. The van der Waals surface area contributed by atoms with Gasteiger partial charge >= 0.3 is 0 Å². The molecule has 1 aliphatic carbocycles. The van der Waals surface area contributed by atoms with Crippen molar-refractivity contribution in [3.8, 4) is 5.75 Å². The number of carbonyl (C=O) groups excluding carboxylic acids is 2. The quantitative estimate of drug-likeness (QED) is 0.524. The Morgan fingerprint density at radius 2 is 2.22 bits per heavy atom. The highest BCUT2D eigenvalue weighted by atomic mass is 31.0. The summed E-state index contributed by atoms with van der Waals surface area (Å²) in [6.45, 7) is 6.80. The monoisotopic (exact) mass is 457 g/mol. The van der Waals surface area contributed by atoms with Gasteiger partial charge in [-0.15, -0.1) is 0 Å². The smallest absolute Gasteiger partial charge is 0.276 e. The number of nitrogens with one attached hydrogen (secondary N) is 1. The molecule has 0 aromatic carbocycles. The second-order valence-electron chi connectivity index (χ2n) is 8.23. The van der Waals surface area contributed by atoms with Crippen molar-refractivity contribution in [2.75, 3.05) is 13.2 Å². The van der Waals surface area contributed by atoms with Crippen molar-refractivity contribution < 1.29 is 18.8 Å². The standard InChI is InChI=1S/C23H28N3O5P/c1-3-5-7-14(4-2)10-24-22(28)16-11-25-12-18-26(17-9-6-8-15(17)13-30-18)23(29)19(25)21(31-32)20(16)27/h3-5,7,11,15,17-18H,2,6,8-10,12-13,32H2,1H3,(H,24,28)/b5-3-,14-7+/t15-,17-,18+/m0/s1. The van der Waals surface area contributed by atoms with Crippen molar-refractivity contribution in [1.82, 2.24) is 14.8 Å². The molecule has 1 aromatic heterocycles. The third kappa shape index (κ3) is 3.93. The van der Waals surface area contributed by atoms with Gasteiger partial charge in [-0.1, -0.05) is 37.3 Å². The molecule has 170 valence electrons. The van der Waals surface area contributed by atoms with Crippen LogP contribution in [0.25, 0.3) is 0 Å².